The Hall–Kier alpha value is -3.52. The Balaban J connectivity index is 1.52. The second kappa shape index (κ2) is 8.69. The molecule has 1 heterocycles. The van der Waals surface area contributed by atoms with E-state index >= 15 is 0 Å². The van der Waals surface area contributed by atoms with Gasteiger partial charge in [-0.15, -0.1) is 0 Å². The van der Waals surface area contributed by atoms with Crippen LogP contribution < -0.4 is 16.0 Å². The first-order valence-electron chi connectivity index (χ1n) is 9.47. The van der Waals surface area contributed by atoms with E-state index in [1.54, 1.807) is 18.3 Å². The number of anilines is 2. The summed E-state index contributed by atoms with van der Waals surface area (Å²) in [6, 6.07) is 8.70. The first kappa shape index (κ1) is 20.7. The molecule has 0 fully saturated rings. The van der Waals surface area contributed by atoms with Crippen molar-refractivity contribution in [3.8, 4) is 0 Å². The quantitative estimate of drug-likeness (QED) is 0.527. The monoisotopic (exact) mass is 442 g/mol. The fourth-order valence-corrected chi connectivity index (χ4v) is 3.79. The molecule has 1 aromatic heterocycles. The summed E-state index contributed by atoms with van der Waals surface area (Å²) in [7, 11) is 0. The van der Waals surface area contributed by atoms with Gasteiger partial charge in [-0.3, -0.25) is 9.78 Å². The summed E-state index contributed by atoms with van der Waals surface area (Å²) < 4.78 is 28.0. The summed E-state index contributed by atoms with van der Waals surface area (Å²) in [6.07, 6.45) is 3.93. The van der Waals surface area contributed by atoms with E-state index in [9.17, 15) is 18.4 Å². The van der Waals surface area contributed by atoms with Gasteiger partial charge in [0.1, 0.15) is 11.6 Å². The van der Waals surface area contributed by atoms with Crippen LogP contribution in [0.1, 0.15) is 33.9 Å². The molecule has 158 valence electrons. The number of urea groups is 1. The molecule has 0 saturated carbocycles. The number of hydrogen-bond acceptors (Lipinski definition) is 3. The molecule has 0 radical (unpaired) electrons. The number of benzene rings is 2. The Kier molecular flexibility index (Phi) is 5.81. The third-order valence-electron chi connectivity index (χ3n) is 4.98. The van der Waals surface area contributed by atoms with Crippen molar-refractivity contribution < 1.29 is 18.4 Å². The summed E-state index contributed by atoms with van der Waals surface area (Å²) in [5, 5.41) is 7.91. The van der Waals surface area contributed by atoms with E-state index in [-0.39, 0.29) is 16.1 Å². The SMILES string of the molecule is O=C(Nc1cccnc1)N[C@H]1CCc2c(C(=O)Nc3ccc(F)c(Cl)c3)ccc(F)c21. The van der Waals surface area contributed by atoms with E-state index < -0.39 is 29.6 Å². The molecule has 3 aromatic rings. The zero-order chi connectivity index (χ0) is 22.0. The summed E-state index contributed by atoms with van der Waals surface area (Å²) in [4.78, 5) is 29.0. The molecular formula is C22H17ClF2N4O2. The van der Waals surface area contributed by atoms with Crippen molar-refractivity contribution in [2.75, 3.05) is 10.6 Å². The van der Waals surface area contributed by atoms with Crippen LogP contribution in [-0.2, 0) is 6.42 Å². The number of fused-ring (bicyclic) bond motifs is 1. The van der Waals surface area contributed by atoms with E-state index in [4.69, 9.17) is 11.6 Å². The highest BCUT2D eigenvalue weighted by Crippen LogP contribution is 2.36. The Morgan fingerprint density at radius 1 is 1.03 bits per heavy atom. The molecule has 6 nitrogen and oxygen atoms in total. The number of amides is 3. The Labute approximate surface area is 181 Å². The van der Waals surface area contributed by atoms with E-state index in [1.807, 2.05) is 0 Å². The van der Waals surface area contributed by atoms with Gasteiger partial charge in [-0.25, -0.2) is 13.6 Å². The van der Waals surface area contributed by atoms with Gasteiger partial charge >= 0.3 is 6.03 Å². The van der Waals surface area contributed by atoms with E-state index in [2.05, 4.69) is 20.9 Å². The molecule has 0 aliphatic heterocycles. The molecule has 0 unspecified atom stereocenters. The number of halogens is 3. The average molecular weight is 443 g/mol. The van der Waals surface area contributed by atoms with E-state index in [0.29, 0.717) is 29.8 Å². The van der Waals surface area contributed by atoms with Crippen LogP contribution in [0.25, 0.3) is 0 Å². The van der Waals surface area contributed by atoms with Crippen LogP contribution in [0, 0.1) is 11.6 Å². The van der Waals surface area contributed by atoms with Crippen molar-refractivity contribution in [1.82, 2.24) is 10.3 Å². The smallest absolute Gasteiger partial charge is 0.319 e. The van der Waals surface area contributed by atoms with Gasteiger partial charge in [0.2, 0.25) is 0 Å². The van der Waals surface area contributed by atoms with Gasteiger partial charge in [0.15, 0.2) is 0 Å². The molecule has 3 N–H and O–H groups in total. The molecule has 0 saturated heterocycles. The van der Waals surface area contributed by atoms with Crippen molar-refractivity contribution in [1.29, 1.82) is 0 Å². The number of rotatable bonds is 4. The summed E-state index contributed by atoms with van der Waals surface area (Å²) in [6.45, 7) is 0. The molecular weight excluding hydrogens is 426 g/mol. The van der Waals surface area contributed by atoms with E-state index in [1.165, 1.54) is 30.5 Å². The van der Waals surface area contributed by atoms with Gasteiger partial charge in [0, 0.05) is 23.0 Å². The van der Waals surface area contributed by atoms with Crippen LogP contribution in [0.2, 0.25) is 5.02 Å². The minimum absolute atomic E-state index is 0.119. The molecule has 0 bridgehead atoms. The average Bonchev–Trinajstić information content (AvgIpc) is 3.16. The summed E-state index contributed by atoms with van der Waals surface area (Å²) in [5.41, 5.74) is 1.92. The fourth-order valence-electron chi connectivity index (χ4n) is 3.61. The summed E-state index contributed by atoms with van der Waals surface area (Å²) >= 11 is 5.76. The third-order valence-corrected chi connectivity index (χ3v) is 5.27. The molecule has 9 heteroatoms. The largest absolute Gasteiger partial charge is 0.331 e. The van der Waals surface area contributed by atoms with Gasteiger partial charge in [-0.1, -0.05) is 11.6 Å². The maximum Gasteiger partial charge on any atom is 0.319 e. The molecule has 1 aliphatic rings. The molecule has 4 rings (SSSR count). The fraction of sp³-hybridized carbons (Fsp3) is 0.136. The normalized spacial score (nSPS) is 14.6. The Bertz CT molecular complexity index is 1160. The van der Waals surface area contributed by atoms with Crippen LogP contribution in [0.5, 0.6) is 0 Å². The lowest BCUT2D eigenvalue weighted by molar-refractivity contribution is 0.102. The number of nitrogens with zero attached hydrogens (tertiary/aromatic N) is 1. The highest BCUT2D eigenvalue weighted by molar-refractivity contribution is 6.31. The second-order valence-electron chi connectivity index (χ2n) is 7.00. The highest BCUT2D eigenvalue weighted by Gasteiger charge is 2.31. The molecule has 3 amide bonds. The number of nitrogens with one attached hydrogen (secondary N) is 3. The maximum absolute atomic E-state index is 14.6. The Morgan fingerprint density at radius 3 is 2.58 bits per heavy atom. The lowest BCUT2D eigenvalue weighted by atomic mass is 10.0. The molecule has 31 heavy (non-hydrogen) atoms. The number of hydrogen-bond donors (Lipinski definition) is 3. The van der Waals surface area contributed by atoms with Gasteiger partial charge in [0.05, 0.1) is 22.9 Å². The second-order valence-corrected chi connectivity index (χ2v) is 7.41. The van der Waals surface area contributed by atoms with Gasteiger partial charge in [0.25, 0.3) is 5.91 Å². The zero-order valence-corrected chi connectivity index (χ0v) is 16.8. The number of carbonyl (C=O) groups is 2. The molecule has 0 spiro atoms. The lowest BCUT2D eigenvalue weighted by Crippen LogP contribution is -2.32. The third kappa shape index (κ3) is 4.49. The van der Waals surface area contributed by atoms with Crippen LogP contribution in [0.3, 0.4) is 0 Å². The van der Waals surface area contributed by atoms with Crippen molar-refractivity contribution in [2.45, 2.75) is 18.9 Å². The van der Waals surface area contributed by atoms with Crippen LogP contribution in [0.4, 0.5) is 25.0 Å². The van der Waals surface area contributed by atoms with Crippen molar-refractivity contribution in [3.63, 3.8) is 0 Å². The topological polar surface area (TPSA) is 83.1 Å². The molecule has 1 aliphatic carbocycles. The number of aromatic nitrogens is 1. The first-order valence-corrected chi connectivity index (χ1v) is 9.85. The molecule has 2 aromatic carbocycles. The van der Waals surface area contributed by atoms with Gasteiger partial charge in [-0.05, 0) is 60.9 Å². The Morgan fingerprint density at radius 2 is 1.84 bits per heavy atom. The maximum atomic E-state index is 14.6. The van der Waals surface area contributed by atoms with Crippen LogP contribution in [-0.4, -0.2) is 16.9 Å². The zero-order valence-electron chi connectivity index (χ0n) is 16.1. The molecule has 1 atom stereocenters. The predicted octanol–water partition coefficient (Wildman–Crippen LogP) is 5.07. The number of pyridine rings is 1. The van der Waals surface area contributed by atoms with Gasteiger partial charge < -0.3 is 16.0 Å². The minimum atomic E-state index is -0.596. The standard InChI is InChI=1S/C22H17ClF2N4O2/c23-16-10-12(3-6-17(16)24)27-21(30)15-4-7-18(25)20-14(15)5-8-19(20)29-22(31)28-13-2-1-9-26-11-13/h1-4,6-7,9-11,19H,5,8H2,(H,27,30)(H2,28,29,31)/t19-/m0/s1. The van der Waals surface area contributed by atoms with Gasteiger partial charge in [-0.2, -0.15) is 0 Å². The van der Waals surface area contributed by atoms with E-state index in [0.717, 1.165) is 6.07 Å². The highest BCUT2D eigenvalue weighted by atomic mass is 35.5. The predicted molar refractivity (Wildman–Crippen MR) is 113 cm³/mol. The number of carbonyl (C=O) groups excluding carboxylic acids is 2. The first-order chi connectivity index (χ1) is 14.9. The lowest BCUT2D eigenvalue weighted by Gasteiger charge is -2.16. The van der Waals surface area contributed by atoms with Crippen molar-refractivity contribution in [3.05, 3.63) is 88.2 Å². The van der Waals surface area contributed by atoms with Crippen molar-refractivity contribution in [2.24, 2.45) is 0 Å². The van der Waals surface area contributed by atoms with Crippen LogP contribution >= 0.6 is 11.6 Å². The van der Waals surface area contributed by atoms with Crippen LogP contribution in [0.15, 0.2) is 54.9 Å². The van der Waals surface area contributed by atoms with Crippen molar-refractivity contribution >= 4 is 34.9 Å². The minimum Gasteiger partial charge on any atom is -0.331 e. The summed E-state index contributed by atoms with van der Waals surface area (Å²) in [5.74, 6) is -1.57.